The summed E-state index contributed by atoms with van der Waals surface area (Å²) in [5, 5.41) is 0. The Hall–Kier alpha value is -1.46. The van der Waals surface area contributed by atoms with Gasteiger partial charge < -0.3 is 14.4 Å². The van der Waals surface area contributed by atoms with E-state index in [0.29, 0.717) is 25.3 Å². The number of fused-ring (bicyclic) bond motifs is 1. The first-order valence-corrected chi connectivity index (χ1v) is 7.76. The van der Waals surface area contributed by atoms with Crippen LogP contribution in [-0.4, -0.2) is 50.3 Å². The van der Waals surface area contributed by atoms with E-state index in [2.05, 4.69) is 0 Å². The molecule has 0 N–H and O–H groups in total. The van der Waals surface area contributed by atoms with Crippen LogP contribution in [0.25, 0.3) is 0 Å². The molecule has 3 rings (SSSR count). The fourth-order valence-electron chi connectivity index (χ4n) is 3.67. The number of carbonyl (C=O) groups is 1. The minimum Gasteiger partial charge on any atom is -0.384 e. The minimum atomic E-state index is -0.318. The zero-order valence-electron chi connectivity index (χ0n) is 12.9. The molecular weight excluding hydrogens is 285 g/mol. The van der Waals surface area contributed by atoms with Gasteiger partial charge in [0.1, 0.15) is 5.82 Å². The highest BCUT2D eigenvalue weighted by Gasteiger charge is 2.48. The summed E-state index contributed by atoms with van der Waals surface area (Å²) in [6, 6.07) is 6.46. The highest BCUT2D eigenvalue weighted by atomic mass is 19.1. The molecule has 120 valence electrons. The number of ether oxygens (including phenoxy) is 2. The molecule has 5 heteroatoms. The van der Waals surface area contributed by atoms with Crippen LogP contribution in [0.4, 0.5) is 4.39 Å². The maximum atomic E-state index is 13.7. The quantitative estimate of drug-likeness (QED) is 0.854. The summed E-state index contributed by atoms with van der Waals surface area (Å²) >= 11 is 0. The molecule has 0 saturated carbocycles. The number of hydrogen-bond donors (Lipinski definition) is 0. The Balaban J connectivity index is 1.70. The van der Waals surface area contributed by atoms with Crippen molar-refractivity contribution in [2.75, 3.05) is 33.4 Å². The molecule has 0 aliphatic carbocycles. The molecule has 2 aliphatic rings. The second-order valence-electron chi connectivity index (χ2n) is 6.28. The predicted octanol–water partition coefficient (Wildman–Crippen LogP) is 2.02. The molecule has 0 radical (unpaired) electrons. The molecule has 2 atom stereocenters. The molecule has 0 spiro atoms. The Kier molecular flexibility index (Phi) is 4.45. The topological polar surface area (TPSA) is 38.8 Å². The fourth-order valence-corrected chi connectivity index (χ4v) is 3.67. The molecule has 2 saturated heterocycles. The van der Waals surface area contributed by atoms with Gasteiger partial charge in [0, 0.05) is 32.2 Å². The van der Waals surface area contributed by atoms with Crippen molar-refractivity contribution in [2.24, 2.45) is 5.41 Å². The zero-order valence-corrected chi connectivity index (χ0v) is 12.9. The molecule has 2 fully saturated rings. The van der Waals surface area contributed by atoms with Gasteiger partial charge in [-0.3, -0.25) is 4.79 Å². The highest BCUT2D eigenvalue weighted by molar-refractivity contribution is 5.79. The standard InChI is InChI=1S/C17H22FNO3/c1-21-12-17-7-9-22-15(17)6-8-19(11-17)16(20)10-13-4-2-3-5-14(13)18/h2-5,15H,6-12H2,1H3/t15-,17+/m0/s1. The third-order valence-corrected chi connectivity index (χ3v) is 4.85. The Morgan fingerprint density at radius 3 is 3.09 bits per heavy atom. The zero-order chi connectivity index (χ0) is 15.6. The number of hydrogen-bond acceptors (Lipinski definition) is 3. The van der Waals surface area contributed by atoms with Crippen LogP contribution in [0.15, 0.2) is 24.3 Å². The number of halogens is 1. The molecule has 2 aliphatic heterocycles. The van der Waals surface area contributed by atoms with Crippen LogP contribution in [0.2, 0.25) is 0 Å². The molecule has 1 amide bonds. The van der Waals surface area contributed by atoms with Crippen LogP contribution in [0.5, 0.6) is 0 Å². The Bertz CT molecular complexity index is 550. The van der Waals surface area contributed by atoms with Gasteiger partial charge in [0.25, 0.3) is 0 Å². The average Bonchev–Trinajstić information content (AvgIpc) is 2.92. The Labute approximate surface area is 130 Å². The summed E-state index contributed by atoms with van der Waals surface area (Å²) in [5.74, 6) is -0.340. The molecule has 22 heavy (non-hydrogen) atoms. The minimum absolute atomic E-state index is 0.0223. The van der Waals surface area contributed by atoms with Crippen LogP contribution in [0.3, 0.4) is 0 Å². The van der Waals surface area contributed by atoms with Crippen LogP contribution in [0, 0.1) is 11.2 Å². The molecule has 1 aromatic rings. The van der Waals surface area contributed by atoms with E-state index in [9.17, 15) is 9.18 Å². The van der Waals surface area contributed by atoms with Gasteiger partial charge in [-0.2, -0.15) is 0 Å². The number of piperidine rings is 1. The number of nitrogens with zero attached hydrogens (tertiary/aromatic N) is 1. The molecule has 2 heterocycles. The predicted molar refractivity (Wildman–Crippen MR) is 80.0 cm³/mol. The van der Waals surface area contributed by atoms with Gasteiger partial charge in [-0.25, -0.2) is 4.39 Å². The van der Waals surface area contributed by atoms with Gasteiger partial charge in [0.2, 0.25) is 5.91 Å². The summed E-state index contributed by atoms with van der Waals surface area (Å²) in [5.41, 5.74) is 0.357. The lowest BCUT2D eigenvalue weighted by atomic mass is 9.77. The summed E-state index contributed by atoms with van der Waals surface area (Å²) in [6.45, 7) is 2.63. The van der Waals surface area contributed by atoms with E-state index >= 15 is 0 Å². The lowest BCUT2D eigenvalue weighted by molar-refractivity contribution is -0.138. The SMILES string of the molecule is COC[C@]12CCO[C@H]1CCN(C(=O)Cc1ccccc1F)C2. The molecule has 4 nitrogen and oxygen atoms in total. The summed E-state index contributed by atoms with van der Waals surface area (Å²) < 4.78 is 24.9. The molecule has 0 aromatic heterocycles. The van der Waals surface area contributed by atoms with Crippen molar-refractivity contribution in [3.8, 4) is 0 Å². The van der Waals surface area contributed by atoms with Gasteiger partial charge in [0.15, 0.2) is 0 Å². The second kappa shape index (κ2) is 6.34. The van der Waals surface area contributed by atoms with E-state index in [1.54, 1.807) is 25.3 Å². The first kappa shape index (κ1) is 15.4. The number of amides is 1. The Morgan fingerprint density at radius 1 is 1.50 bits per heavy atom. The van der Waals surface area contributed by atoms with Crippen LogP contribution < -0.4 is 0 Å². The van der Waals surface area contributed by atoms with Gasteiger partial charge in [0.05, 0.1) is 19.1 Å². The van der Waals surface area contributed by atoms with Crippen molar-refractivity contribution >= 4 is 5.91 Å². The summed E-state index contributed by atoms with van der Waals surface area (Å²) in [7, 11) is 1.68. The van der Waals surface area contributed by atoms with Crippen LogP contribution >= 0.6 is 0 Å². The van der Waals surface area contributed by atoms with E-state index in [-0.39, 0.29) is 29.7 Å². The number of benzene rings is 1. The Morgan fingerprint density at radius 2 is 2.32 bits per heavy atom. The normalized spacial score (nSPS) is 27.7. The molecule has 1 aromatic carbocycles. The van der Waals surface area contributed by atoms with Gasteiger partial charge >= 0.3 is 0 Å². The van der Waals surface area contributed by atoms with Gasteiger partial charge in [-0.15, -0.1) is 0 Å². The van der Waals surface area contributed by atoms with E-state index in [1.165, 1.54) is 6.07 Å². The smallest absolute Gasteiger partial charge is 0.227 e. The van der Waals surface area contributed by atoms with Gasteiger partial charge in [-0.1, -0.05) is 18.2 Å². The van der Waals surface area contributed by atoms with Crippen molar-refractivity contribution in [1.82, 2.24) is 4.90 Å². The summed E-state index contributed by atoms with van der Waals surface area (Å²) in [4.78, 5) is 14.4. The monoisotopic (exact) mass is 307 g/mol. The van der Waals surface area contributed by atoms with Crippen molar-refractivity contribution < 1.29 is 18.7 Å². The van der Waals surface area contributed by atoms with Crippen molar-refractivity contribution in [1.29, 1.82) is 0 Å². The van der Waals surface area contributed by atoms with Gasteiger partial charge in [-0.05, 0) is 24.5 Å². The average molecular weight is 307 g/mol. The number of likely N-dealkylation sites (tertiary alicyclic amines) is 1. The lowest BCUT2D eigenvalue weighted by Gasteiger charge is -2.43. The number of carbonyl (C=O) groups excluding carboxylic acids is 1. The van der Waals surface area contributed by atoms with Crippen molar-refractivity contribution in [2.45, 2.75) is 25.4 Å². The molecule has 0 bridgehead atoms. The number of methoxy groups -OCH3 is 1. The highest BCUT2D eigenvalue weighted by Crippen LogP contribution is 2.41. The van der Waals surface area contributed by atoms with E-state index in [1.807, 2.05) is 4.90 Å². The lowest BCUT2D eigenvalue weighted by Crippen LogP contribution is -2.53. The molecule has 0 unspecified atom stereocenters. The number of rotatable bonds is 4. The maximum Gasteiger partial charge on any atom is 0.227 e. The first-order chi connectivity index (χ1) is 10.6. The first-order valence-electron chi connectivity index (χ1n) is 7.76. The third-order valence-electron chi connectivity index (χ3n) is 4.85. The second-order valence-corrected chi connectivity index (χ2v) is 6.28. The van der Waals surface area contributed by atoms with E-state index < -0.39 is 0 Å². The maximum absolute atomic E-state index is 13.7. The third kappa shape index (κ3) is 2.88. The van der Waals surface area contributed by atoms with Crippen LogP contribution in [0.1, 0.15) is 18.4 Å². The molecular formula is C17H22FNO3. The van der Waals surface area contributed by atoms with E-state index in [4.69, 9.17) is 9.47 Å². The van der Waals surface area contributed by atoms with Crippen molar-refractivity contribution in [3.63, 3.8) is 0 Å². The fraction of sp³-hybridized carbons (Fsp3) is 0.588. The van der Waals surface area contributed by atoms with Crippen molar-refractivity contribution in [3.05, 3.63) is 35.6 Å². The largest absolute Gasteiger partial charge is 0.384 e. The summed E-state index contributed by atoms with van der Waals surface area (Å²) in [6.07, 6.45) is 2.02. The van der Waals surface area contributed by atoms with E-state index in [0.717, 1.165) is 19.4 Å². The van der Waals surface area contributed by atoms with Crippen LogP contribution in [-0.2, 0) is 20.7 Å².